The van der Waals surface area contributed by atoms with E-state index in [0.29, 0.717) is 12.5 Å². The normalized spacial score (nSPS) is 16.8. The van der Waals surface area contributed by atoms with Gasteiger partial charge in [0.05, 0.1) is 6.61 Å². The fourth-order valence-corrected chi connectivity index (χ4v) is 2.43. The molecule has 1 saturated carbocycles. The van der Waals surface area contributed by atoms with Crippen LogP contribution in [0.3, 0.4) is 0 Å². The van der Waals surface area contributed by atoms with Crippen molar-refractivity contribution in [1.82, 2.24) is 5.32 Å². The number of ether oxygens (including phenoxy) is 1. The first-order chi connectivity index (χ1) is 9.10. The van der Waals surface area contributed by atoms with Gasteiger partial charge in [0, 0.05) is 5.54 Å². The van der Waals surface area contributed by atoms with Gasteiger partial charge in [0.1, 0.15) is 0 Å². The van der Waals surface area contributed by atoms with Gasteiger partial charge in [-0.3, -0.25) is 0 Å². The average molecular weight is 261 g/mol. The van der Waals surface area contributed by atoms with Gasteiger partial charge in [-0.2, -0.15) is 0 Å². The lowest BCUT2D eigenvalue weighted by molar-refractivity contribution is 0.102. The van der Waals surface area contributed by atoms with Crippen LogP contribution in [-0.2, 0) is 11.2 Å². The molecular formula is C16H23NO2. The largest absolute Gasteiger partial charge is 0.449 e. The quantitative estimate of drug-likeness (QED) is 0.880. The number of hydrogen-bond donors (Lipinski definition) is 1. The molecule has 1 aliphatic rings. The van der Waals surface area contributed by atoms with Crippen LogP contribution in [0.2, 0.25) is 0 Å². The Hall–Kier alpha value is -1.51. The summed E-state index contributed by atoms with van der Waals surface area (Å²) in [7, 11) is 0. The summed E-state index contributed by atoms with van der Waals surface area (Å²) in [5.74, 6) is 0.372. The molecule has 2 rings (SSSR count). The van der Waals surface area contributed by atoms with Crippen LogP contribution in [0, 0.1) is 5.92 Å². The van der Waals surface area contributed by atoms with Gasteiger partial charge in [-0.1, -0.05) is 44.2 Å². The summed E-state index contributed by atoms with van der Waals surface area (Å²) in [4.78, 5) is 11.8. The zero-order valence-corrected chi connectivity index (χ0v) is 11.8. The maximum atomic E-state index is 11.8. The third kappa shape index (κ3) is 3.98. The van der Waals surface area contributed by atoms with E-state index < -0.39 is 0 Å². The first-order valence-corrected chi connectivity index (χ1v) is 7.08. The highest BCUT2D eigenvalue weighted by molar-refractivity contribution is 5.68. The maximum Gasteiger partial charge on any atom is 0.407 e. The second-order valence-corrected chi connectivity index (χ2v) is 5.91. The molecule has 0 atom stereocenters. The van der Waals surface area contributed by atoms with E-state index in [1.54, 1.807) is 0 Å². The van der Waals surface area contributed by atoms with Gasteiger partial charge in [-0.15, -0.1) is 0 Å². The van der Waals surface area contributed by atoms with Gasteiger partial charge in [0.15, 0.2) is 0 Å². The Morgan fingerprint density at radius 3 is 2.53 bits per heavy atom. The van der Waals surface area contributed by atoms with Crippen LogP contribution >= 0.6 is 0 Å². The lowest BCUT2D eigenvalue weighted by Gasteiger charge is -2.42. The molecule has 0 radical (unpaired) electrons. The minimum atomic E-state index is -0.274. The van der Waals surface area contributed by atoms with Crippen LogP contribution in [0.15, 0.2) is 30.3 Å². The smallest absolute Gasteiger partial charge is 0.407 e. The van der Waals surface area contributed by atoms with E-state index in [1.165, 1.54) is 12.0 Å². The minimum Gasteiger partial charge on any atom is -0.449 e. The molecule has 0 heterocycles. The third-order valence-electron chi connectivity index (χ3n) is 3.61. The molecule has 1 N–H and O–H groups in total. The Morgan fingerprint density at radius 1 is 1.32 bits per heavy atom. The van der Waals surface area contributed by atoms with Crippen molar-refractivity contribution in [2.45, 2.75) is 45.1 Å². The summed E-state index contributed by atoms with van der Waals surface area (Å²) in [6, 6.07) is 10.3. The van der Waals surface area contributed by atoms with E-state index in [4.69, 9.17) is 4.74 Å². The number of alkyl carbamates (subject to hydrolysis) is 1. The Morgan fingerprint density at radius 2 is 2.00 bits per heavy atom. The van der Waals surface area contributed by atoms with Crippen molar-refractivity contribution in [3.05, 3.63) is 35.9 Å². The molecule has 3 nitrogen and oxygen atoms in total. The number of hydrogen-bond acceptors (Lipinski definition) is 2. The van der Waals surface area contributed by atoms with E-state index in [9.17, 15) is 4.79 Å². The van der Waals surface area contributed by atoms with Crippen molar-refractivity contribution < 1.29 is 9.53 Å². The highest BCUT2D eigenvalue weighted by Crippen LogP contribution is 2.35. The van der Waals surface area contributed by atoms with Crippen LogP contribution in [0.25, 0.3) is 0 Å². The second-order valence-electron chi connectivity index (χ2n) is 5.91. The minimum absolute atomic E-state index is 0.0879. The SMILES string of the molecule is CC(C)COC(=O)NC1(Cc2ccccc2)CCC1. The third-order valence-corrected chi connectivity index (χ3v) is 3.61. The summed E-state index contributed by atoms with van der Waals surface area (Å²) < 4.78 is 5.22. The molecule has 0 bridgehead atoms. The summed E-state index contributed by atoms with van der Waals surface area (Å²) in [6.45, 7) is 4.56. The zero-order chi connectivity index (χ0) is 13.7. The fraction of sp³-hybridized carbons (Fsp3) is 0.562. The lowest BCUT2D eigenvalue weighted by Crippen LogP contribution is -2.55. The highest BCUT2D eigenvalue weighted by Gasteiger charge is 2.38. The van der Waals surface area contributed by atoms with Gasteiger partial charge in [0.25, 0.3) is 0 Å². The van der Waals surface area contributed by atoms with E-state index >= 15 is 0 Å². The van der Waals surface area contributed by atoms with Crippen LogP contribution in [0.4, 0.5) is 4.79 Å². The van der Waals surface area contributed by atoms with E-state index in [0.717, 1.165) is 19.3 Å². The van der Waals surface area contributed by atoms with Gasteiger partial charge >= 0.3 is 6.09 Å². The van der Waals surface area contributed by atoms with Crippen LogP contribution < -0.4 is 5.32 Å². The Balaban J connectivity index is 1.90. The average Bonchev–Trinajstić information content (AvgIpc) is 2.35. The van der Waals surface area contributed by atoms with E-state index in [2.05, 4.69) is 17.4 Å². The molecule has 1 aliphatic carbocycles. The number of nitrogens with one attached hydrogen (secondary N) is 1. The highest BCUT2D eigenvalue weighted by atomic mass is 16.5. The maximum absolute atomic E-state index is 11.8. The van der Waals surface area contributed by atoms with E-state index in [-0.39, 0.29) is 11.6 Å². The molecule has 1 aromatic carbocycles. The molecule has 1 fully saturated rings. The molecule has 1 aromatic rings. The second kappa shape index (κ2) is 6.09. The van der Waals surface area contributed by atoms with E-state index in [1.807, 2.05) is 32.0 Å². The predicted octanol–water partition coefficient (Wildman–Crippen LogP) is 3.53. The summed E-state index contributed by atoms with van der Waals surface area (Å²) >= 11 is 0. The molecule has 104 valence electrons. The Kier molecular flexibility index (Phi) is 4.46. The Labute approximate surface area is 115 Å². The van der Waals surface area contributed by atoms with Gasteiger partial charge in [0.2, 0.25) is 0 Å². The zero-order valence-electron chi connectivity index (χ0n) is 11.8. The summed E-state index contributed by atoms with van der Waals surface area (Å²) in [5.41, 5.74) is 1.18. The van der Waals surface area contributed by atoms with Crippen molar-refractivity contribution in [1.29, 1.82) is 0 Å². The lowest BCUT2D eigenvalue weighted by atomic mass is 9.73. The molecule has 1 amide bonds. The first kappa shape index (κ1) is 13.9. The fourth-order valence-electron chi connectivity index (χ4n) is 2.43. The van der Waals surface area contributed by atoms with Gasteiger partial charge in [-0.05, 0) is 37.2 Å². The van der Waals surface area contributed by atoms with Crippen LogP contribution in [0.1, 0.15) is 38.7 Å². The molecule has 0 aliphatic heterocycles. The molecule has 3 heteroatoms. The van der Waals surface area contributed by atoms with Crippen LogP contribution in [-0.4, -0.2) is 18.2 Å². The molecule has 0 spiro atoms. The standard InChI is InChI=1S/C16H23NO2/c1-13(2)12-19-15(18)17-16(9-6-10-16)11-14-7-4-3-5-8-14/h3-5,7-8,13H,6,9-12H2,1-2H3,(H,17,18). The number of amides is 1. The van der Waals surface area contributed by atoms with Crippen molar-refractivity contribution in [2.75, 3.05) is 6.61 Å². The van der Waals surface area contributed by atoms with Gasteiger partial charge in [-0.25, -0.2) is 4.79 Å². The summed E-state index contributed by atoms with van der Waals surface area (Å²) in [6.07, 6.45) is 3.88. The molecule has 0 unspecified atom stereocenters. The number of carbonyl (C=O) groups excluding carboxylic acids is 1. The predicted molar refractivity (Wildman–Crippen MR) is 76.0 cm³/mol. The topological polar surface area (TPSA) is 38.3 Å². The number of benzene rings is 1. The van der Waals surface area contributed by atoms with Crippen LogP contribution in [0.5, 0.6) is 0 Å². The van der Waals surface area contributed by atoms with Gasteiger partial charge < -0.3 is 10.1 Å². The number of rotatable bonds is 5. The van der Waals surface area contributed by atoms with Crippen molar-refractivity contribution in [3.63, 3.8) is 0 Å². The molecule has 0 aromatic heterocycles. The molecule has 0 saturated heterocycles. The molecular weight excluding hydrogens is 238 g/mol. The molecule has 19 heavy (non-hydrogen) atoms. The number of carbonyl (C=O) groups is 1. The monoisotopic (exact) mass is 261 g/mol. The first-order valence-electron chi connectivity index (χ1n) is 7.08. The summed E-state index contributed by atoms with van der Waals surface area (Å²) in [5, 5.41) is 3.07. The van der Waals surface area contributed by atoms with Crippen molar-refractivity contribution in [2.24, 2.45) is 5.92 Å². The van der Waals surface area contributed by atoms with Crippen molar-refractivity contribution in [3.8, 4) is 0 Å². The Bertz CT molecular complexity index is 410. The van der Waals surface area contributed by atoms with Crippen molar-refractivity contribution >= 4 is 6.09 Å².